The second-order valence-electron chi connectivity index (χ2n) is 3.78. The second kappa shape index (κ2) is 5.97. The number of nitrogens with two attached hydrogens (primary N) is 1. The average molecular weight is 197 g/mol. The van der Waals surface area contributed by atoms with Gasteiger partial charge in [-0.05, 0) is 19.3 Å². The van der Waals surface area contributed by atoms with Crippen LogP contribution in [0, 0.1) is 11.3 Å². The van der Waals surface area contributed by atoms with Crippen molar-refractivity contribution in [2.75, 3.05) is 26.8 Å². The van der Waals surface area contributed by atoms with E-state index >= 15 is 0 Å². The molecule has 2 N–H and O–H groups in total. The van der Waals surface area contributed by atoms with E-state index in [-0.39, 0.29) is 6.04 Å². The molecule has 1 aliphatic carbocycles. The Kier molecular flexibility index (Phi) is 4.88. The first kappa shape index (κ1) is 11.4. The van der Waals surface area contributed by atoms with Gasteiger partial charge in [-0.15, -0.1) is 0 Å². The van der Waals surface area contributed by atoms with Crippen LogP contribution in [0.15, 0.2) is 0 Å². The fourth-order valence-corrected chi connectivity index (χ4v) is 1.49. The lowest BCUT2D eigenvalue weighted by molar-refractivity contribution is 0.142. The van der Waals surface area contributed by atoms with E-state index in [4.69, 9.17) is 15.7 Å². The second-order valence-corrected chi connectivity index (χ2v) is 3.78. The summed E-state index contributed by atoms with van der Waals surface area (Å²) in [6, 6.07) is 2.45. The molecule has 14 heavy (non-hydrogen) atoms. The van der Waals surface area contributed by atoms with Crippen molar-refractivity contribution in [2.45, 2.75) is 31.3 Å². The lowest BCUT2D eigenvalue weighted by Gasteiger charge is -2.21. The molecule has 0 amide bonds. The maximum Gasteiger partial charge on any atom is 0.0940 e. The predicted octanol–water partition coefficient (Wildman–Crippen LogP) is 0.338. The molecule has 4 nitrogen and oxygen atoms in total. The minimum Gasteiger partial charge on any atom is -0.383 e. The van der Waals surface area contributed by atoms with Gasteiger partial charge in [-0.2, -0.15) is 5.26 Å². The topological polar surface area (TPSA) is 62.3 Å². The summed E-state index contributed by atoms with van der Waals surface area (Å²) in [4.78, 5) is 2.38. The number of rotatable bonds is 7. The molecule has 0 aromatic carbocycles. The predicted molar refractivity (Wildman–Crippen MR) is 54.7 cm³/mol. The molecule has 80 valence electrons. The summed E-state index contributed by atoms with van der Waals surface area (Å²) in [5, 5.41) is 8.56. The third-order valence-electron chi connectivity index (χ3n) is 2.54. The van der Waals surface area contributed by atoms with Crippen LogP contribution in [0.5, 0.6) is 0 Å². The Bertz CT molecular complexity index is 198. The Morgan fingerprint density at radius 3 is 2.79 bits per heavy atom. The van der Waals surface area contributed by atoms with E-state index in [1.807, 2.05) is 0 Å². The number of methoxy groups -OCH3 is 1. The minimum absolute atomic E-state index is 0.321. The zero-order chi connectivity index (χ0) is 10.4. The molecule has 0 aliphatic heterocycles. The molecular formula is C10H19N3O. The molecule has 1 aliphatic rings. The summed E-state index contributed by atoms with van der Waals surface area (Å²) in [6.07, 6.45) is 3.33. The molecule has 0 bridgehead atoms. The van der Waals surface area contributed by atoms with Gasteiger partial charge in [0.15, 0.2) is 0 Å². The largest absolute Gasteiger partial charge is 0.383 e. The normalized spacial score (nSPS) is 18.1. The van der Waals surface area contributed by atoms with E-state index in [1.165, 1.54) is 12.8 Å². The summed E-state index contributed by atoms with van der Waals surface area (Å²) in [5.41, 5.74) is 5.55. The van der Waals surface area contributed by atoms with Crippen molar-refractivity contribution in [2.24, 2.45) is 5.73 Å². The van der Waals surface area contributed by atoms with Crippen molar-refractivity contribution in [3.8, 4) is 6.07 Å². The SMILES string of the molecule is COCCN(CCC(N)C#N)C1CC1. The number of nitrogens with zero attached hydrogens (tertiary/aromatic N) is 2. The fourth-order valence-electron chi connectivity index (χ4n) is 1.49. The van der Waals surface area contributed by atoms with Crippen LogP contribution in [0.3, 0.4) is 0 Å². The first-order chi connectivity index (χ1) is 6.77. The Morgan fingerprint density at radius 2 is 2.29 bits per heavy atom. The minimum atomic E-state index is -0.321. The van der Waals surface area contributed by atoms with Gasteiger partial charge >= 0.3 is 0 Å². The molecule has 1 atom stereocenters. The van der Waals surface area contributed by atoms with Crippen LogP contribution in [-0.2, 0) is 4.74 Å². The molecule has 1 saturated carbocycles. The Labute approximate surface area is 85.6 Å². The van der Waals surface area contributed by atoms with Crippen LogP contribution >= 0.6 is 0 Å². The third-order valence-corrected chi connectivity index (χ3v) is 2.54. The lowest BCUT2D eigenvalue weighted by Crippen LogP contribution is -2.34. The summed E-state index contributed by atoms with van der Waals surface area (Å²) in [5.74, 6) is 0. The van der Waals surface area contributed by atoms with Gasteiger partial charge in [-0.25, -0.2) is 0 Å². The van der Waals surface area contributed by atoms with Crippen LogP contribution in [0.2, 0.25) is 0 Å². The zero-order valence-corrected chi connectivity index (χ0v) is 8.78. The zero-order valence-electron chi connectivity index (χ0n) is 8.78. The van der Waals surface area contributed by atoms with Crippen molar-refractivity contribution >= 4 is 0 Å². The van der Waals surface area contributed by atoms with E-state index in [0.29, 0.717) is 0 Å². The van der Waals surface area contributed by atoms with Gasteiger partial charge in [-0.3, -0.25) is 4.90 Å². The van der Waals surface area contributed by atoms with Crippen LogP contribution in [0.1, 0.15) is 19.3 Å². The van der Waals surface area contributed by atoms with Crippen molar-refractivity contribution in [1.29, 1.82) is 5.26 Å². The van der Waals surface area contributed by atoms with Crippen molar-refractivity contribution in [3.05, 3.63) is 0 Å². The molecule has 0 radical (unpaired) electrons. The number of ether oxygens (including phenoxy) is 1. The first-order valence-corrected chi connectivity index (χ1v) is 5.16. The summed E-state index contributed by atoms with van der Waals surface area (Å²) in [6.45, 7) is 2.64. The standard InChI is InChI=1S/C10H19N3O/c1-14-7-6-13(10-2-3-10)5-4-9(12)8-11/h9-10H,2-7,12H2,1H3. The summed E-state index contributed by atoms with van der Waals surface area (Å²) < 4.78 is 5.05. The van der Waals surface area contributed by atoms with E-state index in [1.54, 1.807) is 7.11 Å². The Balaban J connectivity index is 2.18. The average Bonchev–Trinajstić information content (AvgIpc) is 3.01. The third kappa shape index (κ3) is 4.05. The van der Waals surface area contributed by atoms with E-state index in [2.05, 4.69) is 11.0 Å². The van der Waals surface area contributed by atoms with Gasteiger partial charge in [0.05, 0.1) is 18.7 Å². The van der Waals surface area contributed by atoms with Gasteiger partial charge < -0.3 is 10.5 Å². The van der Waals surface area contributed by atoms with Crippen molar-refractivity contribution in [3.63, 3.8) is 0 Å². The highest BCUT2D eigenvalue weighted by Gasteiger charge is 2.28. The van der Waals surface area contributed by atoms with Crippen molar-refractivity contribution < 1.29 is 4.74 Å². The smallest absolute Gasteiger partial charge is 0.0940 e. The van der Waals surface area contributed by atoms with Gasteiger partial charge in [0.2, 0.25) is 0 Å². The van der Waals surface area contributed by atoms with Crippen LogP contribution < -0.4 is 5.73 Å². The molecule has 0 heterocycles. The monoisotopic (exact) mass is 197 g/mol. The molecule has 0 spiro atoms. The maximum absolute atomic E-state index is 8.56. The maximum atomic E-state index is 8.56. The van der Waals surface area contributed by atoms with Crippen LogP contribution in [0.25, 0.3) is 0 Å². The van der Waals surface area contributed by atoms with Crippen molar-refractivity contribution in [1.82, 2.24) is 4.90 Å². The number of hydrogen-bond acceptors (Lipinski definition) is 4. The van der Waals surface area contributed by atoms with Crippen LogP contribution in [-0.4, -0.2) is 43.8 Å². The molecular weight excluding hydrogens is 178 g/mol. The quantitative estimate of drug-likeness (QED) is 0.639. The summed E-state index contributed by atoms with van der Waals surface area (Å²) >= 11 is 0. The highest BCUT2D eigenvalue weighted by atomic mass is 16.5. The number of hydrogen-bond donors (Lipinski definition) is 1. The van der Waals surface area contributed by atoms with Crippen LogP contribution in [0.4, 0.5) is 0 Å². The number of nitriles is 1. The Morgan fingerprint density at radius 1 is 1.57 bits per heavy atom. The van der Waals surface area contributed by atoms with Gasteiger partial charge in [-0.1, -0.05) is 0 Å². The van der Waals surface area contributed by atoms with Gasteiger partial charge in [0.1, 0.15) is 0 Å². The lowest BCUT2D eigenvalue weighted by atomic mass is 10.2. The molecule has 1 unspecified atom stereocenters. The Hall–Kier alpha value is -0.630. The van der Waals surface area contributed by atoms with Gasteiger partial charge in [0, 0.05) is 26.2 Å². The molecule has 0 aromatic heterocycles. The molecule has 1 fully saturated rings. The first-order valence-electron chi connectivity index (χ1n) is 5.16. The molecule has 1 rings (SSSR count). The van der Waals surface area contributed by atoms with Gasteiger partial charge in [0.25, 0.3) is 0 Å². The molecule has 0 saturated heterocycles. The van der Waals surface area contributed by atoms with E-state index < -0.39 is 0 Å². The highest BCUT2D eigenvalue weighted by Crippen LogP contribution is 2.26. The molecule has 4 heteroatoms. The molecule has 0 aromatic rings. The van der Waals surface area contributed by atoms with E-state index in [0.717, 1.165) is 32.2 Å². The van der Waals surface area contributed by atoms with E-state index in [9.17, 15) is 0 Å². The highest BCUT2D eigenvalue weighted by molar-refractivity contribution is 4.90. The summed E-state index contributed by atoms with van der Waals surface area (Å²) in [7, 11) is 1.71. The fraction of sp³-hybridized carbons (Fsp3) is 0.900.